The molecule has 0 saturated heterocycles. The van der Waals surface area contributed by atoms with E-state index in [9.17, 15) is 14.7 Å². The third kappa shape index (κ3) is 11.1. The van der Waals surface area contributed by atoms with Crippen molar-refractivity contribution in [2.24, 2.45) is 11.8 Å². The number of aliphatic hydroxyl groups excluding tert-OH is 1. The van der Waals surface area contributed by atoms with Gasteiger partial charge in [-0.1, -0.05) is 26.2 Å². The number of aliphatic hydroxyl groups is 1. The van der Waals surface area contributed by atoms with Gasteiger partial charge in [-0.15, -0.1) is 0 Å². The number of anilines is 2. The average molecular weight is 653 g/mol. The molecule has 0 spiro atoms. The van der Waals surface area contributed by atoms with Crippen molar-refractivity contribution in [1.82, 2.24) is 9.80 Å². The summed E-state index contributed by atoms with van der Waals surface area (Å²) in [5, 5.41) is 15.9. The number of amides is 3. The topological polar surface area (TPSA) is 113 Å². The van der Waals surface area contributed by atoms with Crippen LogP contribution in [-0.4, -0.2) is 92.1 Å². The quantitative estimate of drug-likeness (QED) is 0.278. The van der Waals surface area contributed by atoms with E-state index >= 15 is 0 Å². The first-order valence-corrected chi connectivity index (χ1v) is 17.4. The fourth-order valence-corrected chi connectivity index (χ4v) is 6.62. The van der Waals surface area contributed by atoms with Gasteiger partial charge in [0.05, 0.1) is 37.5 Å². The van der Waals surface area contributed by atoms with Crippen LogP contribution in [0.3, 0.4) is 0 Å². The maximum Gasteiger partial charge on any atom is 0.323 e. The van der Waals surface area contributed by atoms with Crippen molar-refractivity contribution < 1.29 is 28.9 Å². The lowest BCUT2D eigenvalue weighted by Crippen LogP contribution is -2.47. The van der Waals surface area contributed by atoms with Crippen molar-refractivity contribution in [2.45, 2.75) is 90.4 Å². The van der Waals surface area contributed by atoms with E-state index in [0.717, 1.165) is 38.3 Å². The lowest BCUT2D eigenvalue weighted by atomic mass is 9.89. The highest BCUT2D eigenvalue weighted by Crippen LogP contribution is 2.29. The van der Waals surface area contributed by atoms with Crippen molar-refractivity contribution in [3.05, 3.63) is 48.0 Å². The van der Waals surface area contributed by atoms with Crippen LogP contribution in [0.1, 0.15) is 82.5 Å². The Labute approximate surface area is 281 Å². The van der Waals surface area contributed by atoms with Crippen LogP contribution in [0.15, 0.2) is 42.5 Å². The number of nitrogens with one attached hydrogen (secondary N) is 2. The van der Waals surface area contributed by atoms with Crippen LogP contribution in [0.25, 0.3) is 0 Å². The second-order valence-corrected chi connectivity index (χ2v) is 13.5. The Hall–Kier alpha value is -3.34. The first-order valence-electron chi connectivity index (χ1n) is 17.4. The lowest BCUT2D eigenvalue weighted by molar-refractivity contribution is -0.0190. The molecule has 0 bridgehead atoms. The number of rotatable bonds is 9. The van der Waals surface area contributed by atoms with Gasteiger partial charge in [0.1, 0.15) is 11.5 Å². The third-order valence-corrected chi connectivity index (χ3v) is 9.44. The van der Waals surface area contributed by atoms with E-state index in [1.807, 2.05) is 13.8 Å². The molecule has 0 radical (unpaired) electrons. The number of methoxy groups -OCH3 is 1. The van der Waals surface area contributed by atoms with Crippen LogP contribution in [0.4, 0.5) is 16.2 Å². The van der Waals surface area contributed by atoms with Gasteiger partial charge in [0, 0.05) is 43.5 Å². The van der Waals surface area contributed by atoms with Gasteiger partial charge in [-0.05, 0) is 101 Å². The van der Waals surface area contributed by atoms with E-state index in [-0.39, 0.29) is 30.6 Å². The summed E-state index contributed by atoms with van der Waals surface area (Å²) in [5.74, 6) is 1.64. The number of nitrogens with zero attached hydrogens (tertiary/aromatic N) is 2. The molecule has 2 aromatic rings. The monoisotopic (exact) mass is 652 g/mol. The molecule has 3 amide bonds. The predicted octanol–water partition coefficient (Wildman–Crippen LogP) is 6.65. The van der Waals surface area contributed by atoms with E-state index in [4.69, 9.17) is 14.2 Å². The molecule has 4 atom stereocenters. The third-order valence-electron chi connectivity index (χ3n) is 9.44. The maximum absolute atomic E-state index is 14.4. The Morgan fingerprint density at radius 2 is 1.68 bits per heavy atom. The van der Waals surface area contributed by atoms with Crippen molar-refractivity contribution in [3.63, 3.8) is 0 Å². The van der Waals surface area contributed by atoms with Crippen LogP contribution in [0, 0.1) is 11.8 Å². The molecule has 1 aliphatic carbocycles. The molecule has 10 nitrogen and oxygen atoms in total. The smallest absolute Gasteiger partial charge is 0.323 e. The molecule has 0 unspecified atom stereocenters. The van der Waals surface area contributed by atoms with Crippen molar-refractivity contribution >= 4 is 23.3 Å². The molecule has 3 N–H and O–H groups in total. The summed E-state index contributed by atoms with van der Waals surface area (Å²) in [4.78, 5) is 31.4. The summed E-state index contributed by atoms with van der Waals surface area (Å²) in [6, 6.07) is 11.3. The van der Waals surface area contributed by atoms with Crippen molar-refractivity contribution in [3.8, 4) is 11.5 Å². The number of benzene rings is 2. The minimum absolute atomic E-state index is 0.0181. The zero-order valence-electron chi connectivity index (χ0n) is 29.0. The Morgan fingerprint density at radius 3 is 2.38 bits per heavy atom. The van der Waals surface area contributed by atoms with Gasteiger partial charge in [-0.2, -0.15) is 0 Å². The molecule has 1 aliphatic heterocycles. The Balaban J connectivity index is 1.55. The van der Waals surface area contributed by atoms with E-state index in [2.05, 4.69) is 29.5 Å². The highest BCUT2D eigenvalue weighted by Gasteiger charge is 2.31. The number of ether oxygens (including phenoxy) is 3. The number of urea groups is 1. The van der Waals surface area contributed by atoms with E-state index in [1.54, 1.807) is 54.5 Å². The highest BCUT2D eigenvalue weighted by atomic mass is 16.5. The lowest BCUT2D eigenvalue weighted by Gasteiger charge is -2.36. The maximum atomic E-state index is 14.4. The summed E-state index contributed by atoms with van der Waals surface area (Å²) < 4.78 is 18.1. The number of carbonyl (C=O) groups is 2. The number of likely N-dealkylation sites (N-methyl/N-ethyl adjacent to an activating group) is 1. The second kappa shape index (κ2) is 18.3. The summed E-state index contributed by atoms with van der Waals surface area (Å²) in [6.45, 7) is 8.74. The van der Waals surface area contributed by atoms with Crippen LogP contribution in [0.5, 0.6) is 11.5 Å². The summed E-state index contributed by atoms with van der Waals surface area (Å²) in [5.41, 5.74) is 1.40. The van der Waals surface area contributed by atoms with E-state index < -0.39 is 12.1 Å². The number of fused-ring (bicyclic) bond motifs is 1. The fourth-order valence-electron chi connectivity index (χ4n) is 6.62. The molecule has 4 rings (SSSR count). The molecule has 2 aromatic carbocycles. The SMILES string of the molecule is COc1ccc(NC(=O)Nc2ccc3c(c2)C(=O)N([C@@H](C)CO)C[C@@H](C)[C@H](CN(C)CC2CCCCC2)OCCCC[C@@H](C)O3)cc1. The van der Waals surface area contributed by atoms with Crippen LogP contribution in [0.2, 0.25) is 0 Å². The normalized spacial score (nSPS) is 22.5. The second-order valence-electron chi connectivity index (χ2n) is 13.5. The zero-order valence-corrected chi connectivity index (χ0v) is 29.0. The van der Waals surface area contributed by atoms with E-state index in [1.165, 1.54) is 32.1 Å². The standard InChI is InChI=1S/C37H56N4O6/c1-26-22-41(27(2)25-42)36(43)33-21-31(39-37(44)38-30-14-17-32(45-5)18-15-30)16-19-34(33)47-28(3)11-9-10-20-46-35(26)24-40(4)23-29-12-7-6-8-13-29/h14-19,21,26-29,35,42H,6-13,20,22-25H2,1-5H3,(H2,38,39,44)/t26-,27+,28-,35+/m1/s1. The van der Waals surface area contributed by atoms with Crippen LogP contribution < -0.4 is 20.1 Å². The molecule has 47 heavy (non-hydrogen) atoms. The molecule has 1 fully saturated rings. The molecular weight excluding hydrogens is 596 g/mol. The molecule has 2 aliphatic rings. The minimum Gasteiger partial charge on any atom is -0.497 e. The Bertz CT molecular complexity index is 1270. The first kappa shape index (κ1) is 36.5. The molecule has 260 valence electrons. The summed E-state index contributed by atoms with van der Waals surface area (Å²) in [7, 11) is 3.77. The van der Waals surface area contributed by atoms with Crippen molar-refractivity contribution in [1.29, 1.82) is 0 Å². The number of carbonyl (C=O) groups excluding carboxylic acids is 2. The summed E-state index contributed by atoms with van der Waals surface area (Å²) >= 11 is 0. The predicted molar refractivity (Wildman–Crippen MR) is 187 cm³/mol. The average Bonchev–Trinajstić information content (AvgIpc) is 3.06. The largest absolute Gasteiger partial charge is 0.497 e. The molecule has 1 heterocycles. The Kier molecular flexibility index (Phi) is 14.2. The molecule has 0 aromatic heterocycles. The van der Waals surface area contributed by atoms with E-state index in [0.29, 0.717) is 41.6 Å². The summed E-state index contributed by atoms with van der Waals surface area (Å²) in [6.07, 6.45) is 9.08. The van der Waals surface area contributed by atoms with Crippen LogP contribution in [-0.2, 0) is 4.74 Å². The zero-order chi connectivity index (χ0) is 33.8. The van der Waals surface area contributed by atoms with Gasteiger partial charge in [0.25, 0.3) is 5.91 Å². The first-order chi connectivity index (χ1) is 22.7. The number of hydrogen-bond acceptors (Lipinski definition) is 7. The Morgan fingerprint density at radius 1 is 1.00 bits per heavy atom. The fraction of sp³-hybridized carbons (Fsp3) is 0.622. The van der Waals surface area contributed by atoms with Gasteiger partial charge in [0.15, 0.2) is 0 Å². The molecular formula is C37H56N4O6. The molecule has 10 heteroatoms. The van der Waals surface area contributed by atoms with Gasteiger partial charge in [-0.25, -0.2) is 4.79 Å². The van der Waals surface area contributed by atoms with Crippen LogP contribution >= 0.6 is 0 Å². The number of hydrogen-bond donors (Lipinski definition) is 3. The van der Waals surface area contributed by atoms with Gasteiger partial charge in [0.2, 0.25) is 0 Å². The van der Waals surface area contributed by atoms with Gasteiger partial charge >= 0.3 is 6.03 Å². The van der Waals surface area contributed by atoms with Crippen molar-refractivity contribution in [2.75, 3.05) is 57.6 Å². The minimum atomic E-state index is -0.440. The highest BCUT2D eigenvalue weighted by molar-refractivity contribution is 6.02. The van der Waals surface area contributed by atoms with Gasteiger partial charge < -0.3 is 39.8 Å². The molecule has 1 saturated carbocycles. The van der Waals surface area contributed by atoms with Gasteiger partial charge in [-0.3, -0.25) is 4.79 Å².